The minimum absolute atomic E-state index is 0.190. The standard InChI is InChI=1S/C17H29N3O2S/c1-17(2,23-5)13-20-16(18-3)19-11-6-12-22-15-9-7-14(21-4)8-10-15/h7-10H,6,11-13H2,1-5H3,(H2,18,19,20). The Bertz CT molecular complexity index is 475. The van der Waals surface area contributed by atoms with Gasteiger partial charge in [-0.15, -0.1) is 0 Å². The predicted molar refractivity (Wildman–Crippen MR) is 100 cm³/mol. The third-order valence-electron chi connectivity index (χ3n) is 3.40. The van der Waals surface area contributed by atoms with Crippen molar-refractivity contribution in [3.63, 3.8) is 0 Å². The predicted octanol–water partition coefficient (Wildman–Crippen LogP) is 2.77. The van der Waals surface area contributed by atoms with Crippen LogP contribution in [-0.4, -0.2) is 50.8 Å². The number of methoxy groups -OCH3 is 1. The second-order valence-electron chi connectivity index (χ2n) is 5.69. The van der Waals surface area contributed by atoms with Gasteiger partial charge in [0, 0.05) is 24.9 Å². The van der Waals surface area contributed by atoms with E-state index in [1.807, 2.05) is 36.0 Å². The summed E-state index contributed by atoms with van der Waals surface area (Å²) in [6, 6.07) is 7.62. The summed E-state index contributed by atoms with van der Waals surface area (Å²) in [4.78, 5) is 4.23. The number of hydrogen-bond acceptors (Lipinski definition) is 4. The van der Waals surface area contributed by atoms with Crippen molar-refractivity contribution in [1.82, 2.24) is 10.6 Å². The quantitative estimate of drug-likeness (QED) is 0.412. The molecule has 0 heterocycles. The summed E-state index contributed by atoms with van der Waals surface area (Å²) < 4.78 is 11.0. The smallest absolute Gasteiger partial charge is 0.191 e. The largest absolute Gasteiger partial charge is 0.497 e. The van der Waals surface area contributed by atoms with Crippen molar-refractivity contribution in [2.45, 2.75) is 25.0 Å². The molecule has 23 heavy (non-hydrogen) atoms. The Hall–Kier alpha value is -1.56. The molecule has 0 radical (unpaired) electrons. The molecule has 0 unspecified atom stereocenters. The van der Waals surface area contributed by atoms with Crippen molar-refractivity contribution in [1.29, 1.82) is 0 Å². The minimum Gasteiger partial charge on any atom is -0.497 e. The first-order valence-corrected chi connectivity index (χ1v) is 9.00. The van der Waals surface area contributed by atoms with Crippen molar-refractivity contribution in [2.75, 3.05) is 40.1 Å². The maximum Gasteiger partial charge on any atom is 0.191 e. The highest BCUT2D eigenvalue weighted by Gasteiger charge is 2.15. The van der Waals surface area contributed by atoms with Crippen LogP contribution in [0.15, 0.2) is 29.3 Å². The van der Waals surface area contributed by atoms with Crippen LogP contribution in [0.4, 0.5) is 0 Å². The number of thioether (sulfide) groups is 1. The second-order valence-corrected chi connectivity index (χ2v) is 7.21. The maximum atomic E-state index is 5.69. The molecule has 0 aliphatic rings. The fourth-order valence-corrected chi connectivity index (χ4v) is 1.95. The molecule has 0 amide bonds. The summed E-state index contributed by atoms with van der Waals surface area (Å²) in [5, 5.41) is 6.65. The van der Waals surface area contributed by atoms with Crippen LogP contribution in [0.2, 0.25) is 0 Å². The summed E-state index contributed by atoms with van der Waals surface area (Å²) in [6.45, 7) is 6.76. The Kier molecular flexibility index (Phi) is 8.69. The lowest BCUT2D eigenvalue weighted by Gasteiger charge is -2.23. The number of ether oxygens (including phenoxy) is 2. The number of benzene rings is 1. The average molecular weight is 340 g/mol. The zero-order chi connectivity index (χ0) is 17.1. The molecule has 130 valence electrons. The van der Waals surface area contributed by atoms with Gasteiger partial charge >= 0.3 is 0 Å². The topological polar surface area (TPSA) is 54.9 Å². The molecule has 0 saturated carbocycles. The number of nitrogens with one attached hydrogen (secondary N) is 2. The molecule has 0 fully saturated rings. The molecule has 1 rings (SSSR count). The van der Waals surface area contributed by atoms with Crippen LogP contribution in [0.1, 0.15) is 20.3 Å². The van der Waals surface area contributed by atoms with Crippen LogP contribution in [0.5, 0.6) is 11.5 Å². The average Bonchev–Trinajstić information content (AvgIpc) is 2.57. The van der Waals surface area contributed by atoms with E-state index in [4.69, 9.17) is 9.47 Å². The molecule has 0 aliphatic carbocycles. The van der Waals surface area contributed by atoms with E-state index in [1.54, 1.807) is 14.2 Å². The molecule has 1 aromatic rings. The molecule has 0 saturated heterocycles. The summed E-state index contributed by atoms with van der Waals surface area (Å²) in [6.07, 6.45) is 3.02. The minimum atomic E-state index is 0.190. The second kappa shape index (κ2) is 10.3. The Morgan fingerprint density at radius 3 is 2.39 bits per heavy atom. The highest BCUT2D eigenvalue weighted by Crippen LogP contribution is 2.19. The first-order chi connectivity index (χ1) is 11.0. The van der Waals surface area contributed by atoms with E-state index in [0.717, 1.165) is 37.0 Å². The lowest BCUT2D eigenvalue weighted by molar-refractivity contribution is 0.310. The molecule has 0 aromatic heterocycles. The van der Waals surface area contributed by atoms with E-state index in [2.05, 4.69) is 35.7 Å². The van der Waals surface area contributed by atoms with Gasteiger partial charge in [-0.1, -0.05) is 0 Å². The molecule has 1 aromatic carbocycles. The van der Waals surface area contributed by atoms with Crippen molar-refractivity contribution >= 4 is 17.7 Å². The Morgan fingerprint density at radius 2 is 1.83 bits per heavy atom. The third-order valence-corrected chi connectivity index (χ3v) is 4.65. The number of aliphatic imine (C=N–C) groups is 1. The molecule has 2 N–H and O–H groups in total. The summed E-state index contributed by atoms with van der Waals surface area (Å²) in [5.74, 6) is 2.52. The Morgan fingerprint density at radius 1 is 1.17 bits per heavy atom. The van der Waals surface area contributed by atoms with Crippen molar-refractivity contribution in [2.24, 2.45) is 4.99 Å². The third kappa shape index (κ3) is 8.02. The van der Waals surface area contributed by atoms with E-state index >= 15 is 0 Å². The number of guanidine groups is 1. The Labute approximate surface area is 144 Å². The van der Waals surface area contributed by atoms with Gasteiger partial charge in [-0.3, -0.25) is 4.99 Å². The molecule has 0 atom stereocenters. The normalized spacial score (nSPS) is 12.0. The SMILES string of the molecule is CN=C(NCCCOc1ccc(OC)cc1)NCC(C)(C)SC. The molecule has 6 heteroatoms. The van der Waals surface area contributed by atoms with E-state index in [-0.39, 0.29) is 4.75 Å². The van der Waals surface area contributed by atoms with Gasteiger partial charge in [0.25, 0.3) is 0 Å². The first-order valence-electron chi connectivity index (χ1n) is 7.77. The fourth-order valence-electron chi connectivity index (χ4n) is 1.73. The van der Waals surface area contributed by atoms with E-state index in [1.165, 1.54) is 0 Å². The zero-order valence-corrected chi connectivity index (χ0v) is 15.6. The van der Waals surface area contributed by atoms with Crippen LogP contribution in [0.3, 0.4) is 0 Å². The van der Waals surface area contributed by atoms with Crippen molar-refractivity contribution in [3.8, 4) is 11.5 Å². The number of hydrogen-bond donors (Lipinski definition) is 2. The number of rotatable bonds is 9. The van der Waals surface area contributed by atoms with Gasteiger partial charge in [0.1, 0.15) is 11.5 Å². The van der Waals surface area contributed by atoms with Crippen LogP contribution in [-0.2, 0) is 0 Å². The van der Waals surface area contributed by atoms with Crippen LogP contribution in [0.25, 0.3) is 0 Å². The molecule has 5 nitrogen and oxygen atoms in total. The highest BCUT2D eigenvalue weighted by molar-refractivity contribution is 7.99. The van der Waals surface area contributed by atoms with Gasteiger partial charge in [-0.2, -0.15) is 11.8 Å². The summed E-state index contributed by atoms with van der Waals surface area (Å²) in [5.41, 5.74) is 0. The van der Waals surface area contributed by atoms with Crippen LogP contribution < -0.4 is 20.1 Å². The summed E-state index contributed by atoms with van der Waals surface area (Å²) in [7, 11) is 3.44. The van der Waals surface area contributed by atoms with Crippen LogP contribution in [0, 0.1) is 0 Å². The van der Waals surface area contributed by atoms with Gasteiger partial charge in [0.05, 0.1) is 13.7 Å². The fraction of sp³-hybridized carbons (Fsp3) is 0.588. The molecular weight excluding hydrogens is 310 g/mol. The van der Waals surface area contributed by atoms with Gasteiger partial charge in [-0.25, -0.2) is 0 Å². The lowest BCUT2D eigenvalue weighted by Crippen LogP contribution is -2.43. The van der Waals surface area contributed by atoms with Gasteiger partial charge in [0.2, 0.25) is 0 Å². The van der Waals surface area contributed by atoms with Gasteiger partial charge in [-0.05, 0) is 50.8 Å². The lowest BCUT2D eigenvalue weighted by atomic mass is 10.2. The zero-order valence-electron chi connectivity index (χ0n) is 14.8. The number of nitrogens with zero attached hydrogens (tertiary/aromatic N) is 1. The van der Waals surface area contributed by atoms with Gasteiger partial charge in [0.15, 0.2) is 5.96 Å². The van der Waals surface area contributed by atoms with Crippen molar-refractivity contribution < 1.29 is 9.47 Å². The highest BCUT2D eigenvalue weighted by atomic mass is 32.2. The van der Waals surface area contributed by atoms with Crippen LogP contribution >= 0.6 is 11.8 Å². The first kappa shape index (κ1) is 19.5. The summed E-state index contributed by atoms with van der Waals surface area (Å²) >= 11 is 1.84. The Balaban J connectivity index is 2.19. The van der Waals surface area contributed by atoms with E-state index in [9.17, 15) is 0 Å². The maximum absolute atomic E-state index is 5.69. The molecule has 0 aliphatic heterocycles. The van der Waals surface area contributed by atoms with Gasteiger partial charge < -0.3 is 20.1 Å². The van der Waals surface area contributed by atoms with E-state index in [0.29, 0.717) is 6.61 Å². The monoisotopic (exact) mass is 339 g/mol. The van der Waals surface area contributed by atoms with E-state index < -0.39 is 0 Å². The molecular formula is C17H29N3O2S. The van der Waals surface area contributed by atoms with Crippen molar-refractivity contribution in [3.05, 3.63) is 24.3 Å². The molecule has 0 spiro atoms. The molecule has 0 bridgehead atoms.